The number of benzene rings is 1. The van der Waals surface area contributed by atoms with Gasteiger partial charge in [0, 0.05) is 31.5 Å². The van der Waals surface area contributed by atoms with E-state index in [9.17, 15) is 4.79 Å². The summed E-state index contributed by atoms with van der Waals surface area (Å²) in [5, 5.41) is 2.99. The molecular formula is C18H22N4O3. The molecule has 7 nitrogen and oxygen atoms in total. The van der Waals surface area contributed by atoms with Crippen molar-refractivity contribution in [2.24, 2.45) is 0 Å². The summed E-state index contributed by atoms with van der Waals surface area (Å²) < 4.78 is 12.8. The van der Waals surface area contributed by atoms with Crippen molar-refractivity contribution in [3.8, 4) is 11.5 Å². The number of nitrogens with zero attached hydrogens (tertiary/aromatic N) is 3. The van der Waals surface area contributed by atoms with E-state index in [-0.39, 0.29) is 12.7 Å². The summed E-state index contributed by atoms with van der Waals surface area (Å²) in [6.45, 7) is 3.03. The summed E-state index contributed by atoms with van der Waals surface area (Å²) >= 11 is 0. The largest absolute Gasteiger partial charge is 0.454 e. The van der Waals surface area contributed by atoms with Crippen LogP contribution in [0.4, 0.5) is 0 Å². The number of piperidine rings is 1. The average molecular weight is 342 g/mol. The third-order valence-corrected chi connectivity index (χ3v) is 4.72. The molecule has 132 valence electrons. The number of hydrogen-bond acceptors (Lipinski definition) is 5. The van der Waals surface area contributed by atoms with Gasteiger partial charge in [0.05, 0.1) is 12.9 Å². The molecule has 25 heavy (non-hydrogen) atoms. The second-order valence-corrected chi connectivity index (χ2v) is 6.51. The molecular weight excluding hydrogens is 320 g/mol. The molecule has 3 heterocycles. The van der Waals surface area contributed by atoms with Gasteiger partial charge < -0.3 is 19.4 Å². The van der Waals surface area contributed by atoms with Crippen molar-refractivity contribution in [1.29, 1.82) is 0 Å². The lowest BCUT2D eigenvalue weighted by Crippen LogP contribution is -2.42. The van der Waals surface area contributed by atoms with Gasteiger partial charge in [-0.05, 0) is 37.1 Å². The first kappa shape index (κ1) is 16.0. The highest BCUT2D eigenvalue weighted by molar-refractivity contribution is 5.78. The number of aromatic nitrogens is 2. The highest BCUT2D eigenvalue weighted by atomic mass is 16.7. The zero-order valence-corrected chi connectivity index (χ0v) is 14.1. The van der Waals surface area contributed by atoms with Gasteiger partial charge in [0.1, 0.15) is 0 Å². The maximum absolute atomic E-state index is 12.3. The Morgan fingerprint density at radius 2 is 2.24 bits per heavy atom. The molecule has 1 amide bonds. The molecule has 2 aliphatic heterocycles. The van der Waals surface area contributed by atoms with Crippen LogP contribution in [-0.4, -0.2) is 46.8 Å². The van der Waals surface area contributed by atoms with Crippen molar-refractivity contribution in [3.63, 3.8) is 0 Å². The van der Waals surface area contributed by atoms with E-state index in [1.165, 1.54) is 0 Å². The smallest absolute Gasteiger partial charge is 0.234 e. The first-order chi connectivity index (χ1) is 12.3. The molecule has 0 spiro atoms. The Hall–Kier alpha value is -2.54. The first-order valence-electron chi connectivity index (χ1n) is 8.63. The van der Waals surface area contributed by atoms with Gasteiger partial charge in [-0.15, -0.1) is 0 Å². The number of likely N-dealkylation sites (tertiary alicyclic amines) is 1. The highest BCUT2D eigenvalue weighted by Crippen LogP contribution is 2.32. The SMILES string of the molecule is O=C(CN1CCC[C@@H](n2ccnc2)C1)NCc1ccc2c(c1)OCO2. The number of rotatable bonds is 5. The minimum absolute atomic E-state index is 0.0453. The fourth-order valence-electron chi connectivity index (χ4n) is 3.41. The minimum atomic E-state index is 0.0453. The van der Waals surface area contributed by atoms with Crippen LogP contribution in [0.1, 0.15) is 24.4 Å². The lowest BCUT2D eigenvalue weighted by Gasteiger charge is -2.32. The molecule has 0 bridgehead atoms. The Kier molecular flexibility index (Phi) is 4.56. The van der Waals surface area contributed by atoms with E-state index in [2.05, 4.69) is 19.8 Å². The van der Waals surface area contributed by atoms with Crippen LogP contribution in [-0.2, 0) is 11.3 Å². The van der Waals surface area contributed by atoms with Crippen LogP contribution in [0.5, 0.6) is 11.5 Å². The molecule has 1 atom stereocenters. The van der Waals surface area contributed by atoms with Crippen LogP contribution in [0.2, 0.25) is 0 Å². The van der Waals surface area contributed by atoms with Crippen LogP contribution >= 0.6 is 0 Å². The lowest BCUT2D eigenvalue weighted by atomic mass is 10.1. The number of hydrogen-bond donors (Lipinski definition) is 1. The highest BCUT2D eigenvalue weighted by Gasteiger charge is 2.22. The van der Waals surface area contributed by atoms with E-state index in [4.69, 9.17) is 9.47 Å². The summed E-state index contributed by atoms with van der Waals surface area (Å²) in [5.74, 6) is 1.55. The number of nitrogens with one attached hydrogen (secondary N) is 1. The molecule has 1 saturated heterocycles. The Morgan fingerprint density at radius 3 is 3.12 bits per heavy atom. The summed E-state index contributed by atoms with van der Waals surface area (Å²) in [4.78, 5) is 18.6. The van der Waals surface area contributed by atoms with Crippen molar-refractivity contribution >= 4 is 5.91 Å². The quantitative estimate of drug-likeness (QED) is 0.893. The maximum atomic E-state index is 12.3. The molecule has 4 rings (SSSR count). The van der Waals surface area contributed by atoms with Gasteiger partial charge in [-0.25, -0.2) is 4.98 Å². The number of carbonyl (C=O) groups excluding carboxylic acids is 1. The van der Waals surface area contributed by atoms with Crippen LogP contribution in [0, 0.1) is 0 Å². The van der Waals surface area contributed by atoms with Crippen LogP contribution in [0.25, 0.3) is 0 Å². The van der Waals surface area contributed by atoms with Gasteiger partial charge in [-0.3, -0.25) is 9.69 Å². The minimum Gasteiger partial charge on any atom is -0.454 e. The van der Waals surface area contributed by atoms with E-state index >= 15 is 0 Å². The number of fused-ring (bicyclic) bond motifs is 1. The molecule has 0 saturated carbocycles. The van der Waals surface area contributed by atoms with Gasteiger partial charge in [-0.2, -0.15) is 0 Å². The lowest BCUT2D eigenvalue weighted by molar-refractivity contribution is -0.122. The van der Waals surface area contributed by atoms with Gasteiger partial charge in [-0.1, -0.05) is 6.07 Å². The molecule has 1 aromatic heterocycles. The predicted molar refractivity (Wildman–Crippen MR) is 91.3 cm³/mol. The second kappa shape index (κ2) is 7.14. The number of imidazole rings is 1. The van der Waals surface area contributed by atoms with Gasteiger partial charge in [0.25, 0.3) is 0 Å². The number of ether oxygens (including phenoxy) is 2. The molecule has 2 aliphatic rings. The number of carbonyl (C=O) groups is 1. The summed E-state index contributed by atoms with van der Waals surface area (Å²) in [5.41, 5.74) is 1.01. The van der Waals surface area contributed by atoms with Crippen LogP contribution < -0.4 is 14.8 Å². The maximum Gasteiger partial charge on any atom is 0.234 e. The van der Waals surface area contributed by atoms with E-state index in [0.29, 0.717) is 19.1 Å². The molecule has 1 N–H and O–H groups in total. The summed E-state index contributed by atoms with van der Waals surface area (Å²) in [6.07, 6.45) is 7.88. The summed E-state index contributed by atoms with van der Waals surface area (Å²) in [7, 11) is 0. The Morgan fingerprint density at radius 1 is 1.32 bits per heavy atom. The van der Waals surface area contributed by atoms with E-state index < -0.39 is 0 Å². The fourth-order valence-corrected chi connectivity index (χ4v) is 3.41. The molecule has 0 aliphatic carbocycles. The monoisotopic (exact) mass is 342 g/mol. The van der Waals surface area contributed by atoms with E-state index in [1.807, 2.05) is 30.7 Å². The Labute approximate surface area is 146 Å². The molecule has 0 unspecified atom stereocenters. The predicted octanol–water partition coefficient (Wildman–Crippen LogP) is 1.57. The molecule has 1 fully saturated rings. The van der Waals surface area contributed by atoms with Crippen molar-refractivity contribution in [3.05, 3.63) is 42.5 Å². The van der Waals surface area contributed by atoms with Crippen LogP contribution in [0.3, 0.4) is 0 Å². The van der Waals surface area contributed by atoms with Crippen LogP contribution in [0.15, 0.2) is 36.9 Å². The van der Waals surface area contributed by atoms with Gasteiger partial charge in [0.2, 0.25) is 12.7 Å². The standard InChI is InChI=1S/C18H22N4O3/c23-18(20-9-14-3-4-16-17(8-14)25-13-24-16)11-21-6-1-2-15(10-21)22-7-5-19-12-22/h3-5,7-8,12,15H,1-2,6,9-11,13H2,(H,20,23)/t15-/m1/s1. The van der Waals surface area contributed by atoms with Crippen molar-refractivity contribution in [2.75, 3.05) is 26.4 Å². The van der Waals surface area contributed by atoms with Crippen molar-refractivity contribution in [2.45, 2.75) is 25.4 Å². The van der Waals surface area contributed by atoms with Crippen molar-refractivity contribution < 1.29 is 14.3 Å². The topological polar surface area (TPSA) is 68.6 Å². The Balaban J connectivity index is 1.27. The molecule has 2 aromatic rings. The average Bonchev–Trinajstić information content (AvgIpc) is 3.31. The van der Waals surface area contributed by atoms with Gasteiger partial charge in [0.15, 0.2) is 11.5 Å². The summed E-state index contributed by atoms with van der Waals surface area (Å²) in [6, 6.07) is 6.14. The van der Waals surface area contributed by atoms with E-state index in [1.54, 1.807) is 6.20 Å². The Bertz CT molecular complexity index is 732. The third-order valence-electron chi connectivity index (χ3n) is 4.72. The van der Waals surface area contributed by atoms with Crippen molar-refractivity contribution in [1.82, 2.24) is 19.8 Å². The van der Waals surface area contributed by atoms with E-state index in [0.717, 1.165) is 43.0 Å². The van der Waals surface area contributed by atoms with Gasteiger partial charge >= 0.3 is 0 Å². The normalized spacial score (nSPS) is 19.8. The first-order valence-corrected chi connectivity index (χ1v) is 8.63. The third kappa shape index (κ3) is 3.76. The zero-order valence-electron chi connectivity index (χ0n) is 14.1. The second-order valence-electron chi connectivity index (χ2n) is 6.51. The molecule has 1 aromatic carbocycles. The fraction of sp³-hybridized carbons (Fsp3) is 0.444. The molecule has 7 heteroatoms. The number of amides is 1. The zero-order chi connectivity index (χ0) is 17.1. The molecule has 0 radical (unpaired) electrons.